The molecule has 2 rings (SSSR count). The van der Waals surface area contributed by atoms with Crippen molar-refractivity contribution < 1.29 is 23.2 Å². The minimum absolute atomic E-state index is 0.00422. The summed E-state index contributed by atoms with van der Waals surface area (Å²) in [5, 5.41) is 12.7. The molecule has 0 unspecified atom stereocenters. The van der Waals surface area contributed by atoms with Gasteiger partial charge in [0.2, 0.25) is 5.91 Å². The van der Waals surface area contributed by atoms with Crippen molar-refractivity contribution in [3.05, 3.63) is 11.6 Å². The number of rotatable bonds is 4. The molecule has 2 bridgehead atoms. The first-order valence-corrected chi connectivity index (χ1v) is 8.19. The molecule has 0 saturated carbocycles. The Labute approximate surface area is 116 Å². The zero-order chi connectivity index (χ0) is 15.1. The molecule has 2 aliphatic rings. The molecular formula is C11H17N3O5S. The lowest BCUT2D eigenvalue weighted by Crippen LogP contribution is -2.50. The van der Waals surface area contributed by atoms with E-state index in [0.717, 1.165) is 6.26 Å². The van der Waals surface area contributed by atoms with Gasteiger partial charge < -0.3 is 10.2 Å². The van der Waals surface area contributed by atoms with Crippen LogP contribution >= 0.6 is 0 Å². The highest BCUT2D eigenvalue weighted by Crippen LogP contribution is 2.27. The van der Waals surface area contributed by atoms with Crippen LogP contribution < -0.4 is 5.32 Å². The first-order valence-electron chi connectivity index (χ1n) is 6.13. The fourth-order valence-corrected chi connectivity index (χ4v) is 2.89. The predicted molar refractivity (Wildman–Crippen MR) is 69.8 cm³/mol. The minimum atomic E-state index is -3.15. The van der Waals surface area contributed by atoms with Crippen LogP contribution in [0.2, 0.25) is 0 Å². The number of urea groups is 1. The van der Waals surface area contributed by atoms with Crippen LogP contribution in [0, 0.1) is 0 Å². The molecule has 2 atom stereocenters. The summed E-state index contributed by atoms with van der Waals surface area (Å²) in [6.45, 7) is 1.94. The molecule has 3 amide bonds. The topological polar surface area (TPSA) is 107 Å². The fourth-order valence-electron chi connectivity index (χ4n) is 2.41. The van der Waals surface area contributed by atoms with Crippen molar-refractivity contribution in [3.8, 4) is 0 Å². The molecule has 0 aromatic heterocycles. The Morgan fingerprint density at radius 3 is 2.80 bits per heavy atom. The lowest BCUT2D eigenvalue weighted by Gasteiger charge is -2.29. The van der Waals surface area contributed by atoms with Gasteiger partial charge in [0.25, 0.3) is 0 Å². The van der Waals surface area contributed by atoms with E-state index in [4.69, 9.17) is 0 Å². The Morgan fingerprint density at radius 2 is 2.20 bits per heavy atom. The summed E-state index contributed by atoms with van der Waals surface area (Å²) in [7, 11) is -3.15. The second-order valence-electron chi connectivity index (χ2n) is 5.08. The van der Waals surface area contributed by atoms with E-state index < -0.39 is 33.9 Å². The van der Waals surface area contributed by atoms with Crippen LogP contribution in [0.25, 0.3) is 0 Å². The van der Waals surface area contributed by atoms with E-state index in [2.05, 4.69) is 5.32 Å². The standard InChI is InChI=1S/C11H17N3O5S/c1-7-5-8-6-13(11(16)14(8)17)9(7)10(15)12-3-4-20(2,18)19/h5,8-9,17H,3-4,6H2,1-2H3,(H,12,15)/t8-,9+/m1/s1. The third-order valence-corrected chi connectivity index (χ3v) is 4.30. The quantitative estimate of drug-likeness (QED) is 0.510. The van der Waals surface area contributed by atoms with E-state index in [1.807, 2.05) is 0 Å². The summed E-state index contributed by atoms with van der Waals surface area (Å²) in [6, 6.07) is -1.84. The zero-order valence-corrected chi connectivity index (χ0v) is 12.1. The van der Waals surface area contributed by atoms with Crippen LogP contribution in [0.1, 0.15) is 6.92 Å². The van der Waals surface area contributed by atoms with Crippen LogP contribution in [-0.4, -0.2) is 72.7 Å². The van der Waals surface area contributed by atoms with Crippen LogP contribution in [0.4, 0.5) is 4.79 Å². The summed E-state index contributed by atoms with van der Waals surface area (Å²) < 4.78 is 22.0. The maximum atomic E-state index is 12.1. The lowest BCUT2D eigenvalue weighted by atomic mass is 10.00. The minimum Gasteiger partial charge on any atom is -0.353 e. The normalized spacial score (nSPS) is 25.8. The molecule has 2 N–H and O–H groups in total. The molecule has 0 aliphatic carbocycles. The lowest BCUT2D eigenvalue weighted by molar-refractivity contribution is -0.124. The molecule has 2 aliphatic heterocycles. The number of hydrogen-bond acceptors (Lipinski definition) is 5. The Bertz CT molecular complexity index is 571. The summed E-state index contributed by atoms with van der Waals surface area (Å²) in [4.78, 5) is 25.1. The van der Waals surface area contributed by atoms with Gasteiger partial charge in [0.1, 0.15) is 15.9 Å². The molecule has 20 heavy (non-hydrogen) atoms. The van der Waals surface area contributed by atoms with Crippen molar-refractivity contribution in [1.29, 1.82) is 0 Å². The Hall–Kier alpha value is -1.61. The van der Waals surface area contributed by atoms with E-state index in [0.29, 0.717) is 10.6 Å². The maximum absolute atomic E-state index is 12.1. The number of amides is 3. The molecule has 0 aromatic carbocycles. The Balaban J connectivity index is 2.05. The van der Waals surface area contributed by atoms with Crippen LogP contribution in [0.5, 0.6) is 0 Å². The molecule has 0 aromatic rings. The maximum Gasteiger partial charge on any atom is 0.345 e. The van der Waals surface area contributed by atoms with Crippen LogP contribution in [-0.2, 0) is 14.6 Å². The summed E-state index contributed by atoms with van der Waals surface area (Å²) >= 11 is 0. The van der Waals surface area contributed by atoms with Crippen molar-refractivity contribution in [1.82, 2.24) is 15.3 Å². The third kappa shape index (κ3) is 2.78. The van der Waals surface area contributed by atoms with Gasteiger partial charge in [-0.25, -0.2) is 13.2 Å². The largest absolute Gasteiger partial charge is 0.353 e. The molecule has 8 nitrogen and oxygen atoms in total. The van der Waals surface area contributed by atoms with Crippen LogP contribution in [0.3, 0.4) is 0 Å². The summed E-state index contributed by atoms with van der Waals surface area (Å²) in [6.07, 6.45) is 2.76. The van der Waals surface area contributed by atoms with Gasteiger partial charge in [0.15, 0.2) is 0 Å². The zero-order valence-electron chi connectivity index (χ0n) is 11.2. The first kappa shape index (κ1) is 14.8. The van der Waals surface area contributed by atoms with Crippen LogP contribution in [0.15, 0.2) is 11.6 Å². The van der Waals surface area contributed by atoms with Crippen molar-refractivity contribution in [2.75, 3.05) is 25.1 Å². The highest BCUT2D eigenvalue weighted by Gasteiger charge is 2.46. The molecule has 0 spiro atoms. The number of nitrogens with zero attached hydrogens (tertiary/aromatic N) is 2. The summed E-state index contributed by atoms with van der Waals surface area (Å²) in [5.41, 5.74) is 0.656. The molecular weight excluding hydrogens is 286 g/mol. The predicted octanol–water partition coefficient (Wildman–Crippen LogP) is -1.03. The number of nitrogens with one attached hydrogen (secondary N) is 1. The van der Waals surface area contributed by atoms with Crippen molar-refractivity contribution >= 4 is 21.8 Å². The van der Waals surface area contributed by atoms with E-state index >= 15 is 0 Å². The van der Waals surface area contributed by atoms with E-state index in [1.54, 1.807) is 13.0 Å². The van der Waals surface area contributed by atoms with Gasteiger partial charge in [0.05, 0.1) is 18.3 Å². The molecule has 2 heterocycles. The number of sulfone groups is 1. The van der Waals surface area contributed by atoms with Gasteiger partial charge in [-0.2, -0.15) is 5.06 Å². The van der Waals surface area contributed by atoms with E-state index in [1.165, 1.54) is 4.90 Å². The highest BCUT2D eigenvalue weighted by molar-refractivity contribution is 7.90. The fraction of sp³-hybridized carbons (Fsp3) is 0.636. The monoisotopic (exact) mass is 303 g/mol. The number of carbonyl (C=O) groups is 2. The van der Waals surface area contributed by atoms with E-state index in [9.17, 15) is 23.2 Å². The first-order chi connectivity index (χ1) is 9.20. The van der Waals surface area contributed by atoms with E-state index in [-0.39, 0.29) is 18.8 Å². The molecule has 9 heteroatoms. The molecule has 112 valence electrons. The second kappa shape index (κ2) is 5.06. The van der Waals surface area contributed by atoms with Gasteiger partial charge in [-0.1, -0.05) is 6.08 Å². The van der Waals surface area contributed by atoms with Crippen molar-refractivity contribution in [2.45, 2.75) is 19.0 Å². The number of hydroxylamine groups is 2. The van der Waals surface area contributed by atoms with Crippen molar-refractivity contribution in [3.63, 3.8) is 0 Å². The van der Waals surface area contributed by atoms with Gasteiger partial charge in [0, 0.05) is 12.8 Å². The van der Waals surface area contributed by atoms with Gasteiger partial charge >= 0.3 is 6.03 Å². The number of fused-ring (bicyclic) bond motifs is 2. The van der Waals surface area contributed by atoms with Gasteiger partial charge in [-0.3, -0.25) is 10.0 Å². The average Bonchev–Trinajstić information content (AvgIpc) is 2.53. The van der Waals surface area contributed by atoms with Crippen molar-refractivity contribution in [2.24, 2.45) is 0 Å². The highest BCUT2D eigenvalue weighted by atomic mass is 32.2. The van der Waals surface area contributed by atoms with Gasteiger partial charge in [-0.05, 0) is 12.5 Å². The number of carbonyl (C=O) groups excluding carboxylic acids is 2. The summed E-state index contributed by atoms with van der Waals surface area (Å²) in [5.74, 6) is -0.596. The molecule has 0 radical (unpaired) electrons. The Kier molecular flexibility index (Phi) is 3.74. The smallest absolute Gasteiger partial charge is 0.345 e. The third-order valence-electron chi connectivity index (χ3n) is 3.36. The number of hydrogen-bond donors (Lipinski definition) is 2. The Morgan fingerprint density at radius 1 is 1.55 bits per heavy atom. The molecule has 1 saturated heterocycles. The molecule has 1 fully saturated rings. The van der Waals surface area contributed by atoms with Gasteiger partial charge in [-0.15, -0.1) is 0 Å². The second-order valence-corrected chi connectivity index (χ2v) is 7.34. The average molecular weight is 303 g/mol. The SMILES string of the molecule is CC1=C[C@@H]2CN(C(=O)N2O)[C@@H]1C(=O)NCCS(C)(=O)=O.